The molecule has 1 saturated heterocycles. The molecule has 2 aromatic carbocycles. The average Bonchev–Trinajstić information content (AvgIpc) is 3.37. The molecule has 2 heterocycles. The smallest absolute Gasteiger partial charge is 0.226 e. The molecule has 4 rings (SSSR count). The fraction of sp³-hybridized carbons (Fsp3) is 0.375. The number of hydrogen-bond acceptors (Lipinski definition) is 5. The minimum atomic E-state index is 0.279. The zero-order chi connectivity index (χ0) is 20.4. The second kappa shape index (κ2) is 8.29. The highest BCUT2D eigenvalue weighted by atomic mass is 16.5. The van der Waals surface area contributed by atoms with Crippen LogP contribution in [0.2, 0.25) is 0 Å². The van der Waals surface area contributed by atoms with Gasteiger partial charge in [0.25, 0.3) is 0 Å². The summed E-state index contributed by atoms with van der Waals surface area (Å²) in [5.74, 6) is 2.44. The van der Waals surface area contributed by atoms with Gasteiger partial charge in [-0.05, 0) is 63.1 Å². The first-order chi connectivity index (χ1) is 14.1. The SMILES string of the molecule is COc1ccc(OC)c(C2CCCN2Cc2coc(-c3ccc(C)cc3C)n2)c1. The van der Waals surface area contributed by atoms with Crippen molar-refractivity contribution in [1.82, 2.24) is 9.88 Å². The van der Waals surface area contributed by atoms with Gasteiger partial charge in [0, 0.05) is 23.7 Å². The van der Waals surface area contributed by atoms with Crippen LogP contribution < -0.4 is 9.47 Å². The molecule has 0 bridgehead atoms. The first-order valence-corrected chi connectivity index (χ1v) is 10.1. The third-order valence-electron chi connectivity index (χ3n) is 5.69. The van der Waals surface area contributed by atoms with Crippen LogP contribution in [0.3, 0.4) is 0 Å². The number of aromatic nitrogens is 1. The summed E-state index contributed by atoms with van der Waals surface area (Å²) in [7, 11) is 3.42. The van der Waals surface area contributed by atoms with E-state index in [1.807, 2.05) is 12.1 Å². The van der Waals surface area contributed by atoms with Crippen molar-refractivity contribution in [1.29, 1.82) is 0 Å². The third-order valence-corrected chi connectivity index (χ3v) is 5.69. The lowest BCUT2D eigenvalue weighted by Crippen LogP contribution is -2.23. The Morgan fingerprint density at radius 1 is 1.10 bits per heavy atom. The molecule has 29 heavy (non-hydrogen) atoms. The van der Waals surface area contributed by atoms with E-state index >= 15 is 0 Å². The molecule has 1 aliphatic heterocycles. The summed E-state index contributed by atoms with van der Waals surface area (Å²) < 4.78 is 16.9. The van der Waals surface area contributed by atoms with Gasteiger partial charge in [0.2, 0.25) is 5.89 Å². The number of hydrogen-bond donors (Lipinski definition) is 0. The van der Waals surface area contributed by atoms with Gasteiger partial charge in [0.05, 0.1) is 19.9 Å². The molecule has 0 aliphatic carbocycles. The van der Waals surface area contributed by atoms with Crippen LogP contribution in [0.5, 0.6) is 11.5 Å². The van der Waals surface area contributed by atoms with E-state index in [0.717, 1.165) is 48.7 Å². The highest BCUT2D eigenvalue weighted by molar-refractivity contribution is 5.59. The van der Waals surface area contributed by atoms with E-state index in [9.17, 15) is 0 Å². The highest BCUT2D eigenvalue weighted by Crippen LogP contribution is 2.39. The molecule has 1 aliphatic rings. The van der Waals surface area contributed by atoms with Gasteiger partial charge >= 0.3 is 0 Å². The standard InChI is InChI=1S/C24H28N2O3/c1-16-7-9-20(17(2)12-16)24-25-18(15-29-24)14-26-11-5-6-22(26)21-13-19(27-3)8-10-23(21)28-4/h7-10,12-13,15,22H,5-6,11,14H2,1-4H3. The van der Waals surface area contributed by atoms with Crippen molar-refractivity contribution in [3.63, 3.8) is 0 Å². The second-order valence-corrected chi connectivity index (χ2v) is 7.70. The van der Waals surface area contributed by atoms with E-state index in [0.29, 0.717) is 5.89 Å². The van der Waals surface area contributed by atoms with Crippen molar-refractivity contribution in [2.75, 3.05) is 20.8 Å². The van der Waals surface area contributed by atoms with Crippen LogP contribution in [0.1, 0.15) is 41.3 Å². The molecule has 1 fully saturated rings. The average molecular weight is 392 g/mol. The molecule has 3 aromatic rings. The van der Waals surface area contributed by atoms with Crippen molar-refractivity contribution in [3.05, 3.63) is 65.0 Å². The van der Waals surface area contributed by atoms with Crippen LogP contribution in [-0.4, -0.2) is 30.6 Å². The molecule has 1 atom stereocenters. The van der Waals surface area contributed by atoms with E-state index in [1.165, 1.54) is 16.7 Å². The van der Waals surface area contributed by atoms with Gasteiger partial charge in [-0.2, -0.15) is 0 Å². The molecule has 1 aromatic heterocycles. The first kappa shape index (κ1) is 19.5. The van der Waals surface area contributed by atoms with E-state index in [4.69, 9.17) is 18.9 Å². The van der Waals surface area contributed by atoms with Crippen LogP contribution in [0, 0.1) is 13.8 Å². The summed E-state index contributed by atoms with van der Waals surface area (Å²) >= 11 is 0. The molecule has 5 nitrogen and oxygen atoms in total. The molecule has 0 amide bonds. The van der Waals surface area contributed by atoms with Crippen molar-refractivity contribution < 1.29 is 13.9 Å². The van der Waals surface area contributed by atoms with E-state index < -0.39 is 0 Å². The molecular formula is C24H28N2O3. The van der Waals surface area contributed by atoms with Crippen molar-refractivity contribution in [3.8, 4) is 23.0 Å². The Bertz CT molecular complexity index is 996. The van der Waals surface area contributed by atoms with Crippen molar-refractivity contribution in [2.45, 2.75) is 39.3 Å². The quantitative estimate of drug-likeness (QED) is 0.569. The summed E-state index contributed by atoms with van der Waals surface area (Å²) in [5, 5.41) is 0. The van der Waals surface area contributed by atoms with Crippen LogP contribution in [0.25, 0.3) is 11.5 Å². The van der Waals surface area contributed by atoms with E-state index in [1.54, 1.807) is 20.5 Å². The Kier molecular flexibility index (Phi) is 5.58. The fourth-order valence-corrected chi connectivity index (χ4v) is 4.23. The zero-order valence-electron chi connectivity index (χ0n) is 17.6. The Morgan fingerprint density at radius 3 is 2.72 bits per heavy atom. The fourth-order valence-electron chi connectivity index (χ4n) is 4.23. The lowest BCUT2D eigenvalue weighted by Gasteiger charge is -2.25. The summed E-state index contributed by atoms with van der Waals surface area (Å²) in [6.45, 7) is 5.96. The maximum atomic E-state index is 5.82. The maximum absolute atomic E-state index is 5.82. The van der Waals surface area contributed by atoms with Crippen molar-refractivity contribution >= 4 is 0 Å². The van der Waals surface area contributed by atoms with Gasteiger partial charge in [-0.1, -0.05) is 17.7 Å². The highest BCUT2D eigenvalue weighted by Gasteiger charge is 2.29. The number of ether oxygens (including phenoxy) is 2. The summed E-state index contributed by atoms with van der Waals surface area (Å²) in [5.41, 5.74) is 5.59. The minimum Gasteiger partial charge on any atom is -0.497 e. The number of likely N-dealkylation sites (tertiary alicyclic amines) is 1. The van der Waals surface area contributed by atoms with Crippen LogP contribution >= 0.6 is 0 Å². The van der Waals surface area contributed by atoms with Crippen LogP contribution in [-0.2, 0) is 6.54 Å². The summed E-state index contributed by atoms with van der Waals surface area (Å²) in [6.07, 6.45) is 4.02. The number of oxazole rings is 1. The number of benzene rings is 2. The van der Waals surface area contributed by atoms with Gasteiger partial charge in [-0.15, -0.1) is 0 Å². The number of methoxy groups -OCH3 is 2. The van der Waals surface area contributed by atoms with Gasteiger partial charge < -0.3 is 13.9 Å². The monoisotopic (exact) mass is 392 g/mol. The normalized spacial score (nSPS) is 16.9. The van der Waals surface area contributed by atoms with Crippen LogP contribution in [0.4, 0.5) is 0 Å². The summed E-state index contributed by atoms with van der Waals surface area (Å²) in [6, 6.07) is 12.6. The number of rotatable bonds is 6. The number of aryl methyl sites for hydroxylation is 2. The largest absolute Gasteiger partial charge is 0.497 e. The third kappa shape index (κ3) is 4.01. The molecule has 152 valence electrons. The molecule has 0 spiro atoms. The maximum Gasteiger partial charge on any atom is 0.226 e. The lowest BCUT2D eigenvalue weighted by atomic mass is 10.0. The molecule has 0 saturated carbocycles. The summed E-state index contributed by atoms with van der Waals surface area (Å²) in [4.78, 5) is 7.22. The van der Waals surface area contributed by atoms with Gasteiger partial charge in [-0.25, -0.2) is 4.98 Å². The van der Waals surface area contributed by atoms with Gasteiger partial charge in [-0.3, -0.25) is 4.90 Å². The predicted molar refractivity (Wildman–Crippen MR) is 113 cm³/mol. The van der Waals surface area contributed by atoms with Crippen LogP contribution in [0.15, 0.2) is 47.1 Å². The molecule has 0 radical (unpaired) electrons. The van der Waals surface area contributed by atoms with Crippen molar-refractivity contribution in [2.24, 2.45) is 0 Å². The van der Waals surface area contributed by atoms with E-state index in [2.05, 4.69) is 43.0 Å². The predicted octanol–water partition coefficient (Wildman–Crippen LogP) is 5.31. The van der Waals surface area contributed by atoms with E-state index in [-0.39, 0.29) is 6.04 Å². The molecular weight excluding hydrogens is 364 g/mol. The molecule has 5 heteroatoms. The second-order valence-electron chi connectivity index (χ2n) is 7.70. The molecule has 0 N–H and O–H groups in total. The minimum absolute atomic E-state index is 0.279. The molecule has 1 unspecified atom stereocenters. The van der Waals surface area contributed by atoms with Gasteiger partial charge in [0.1, 0.15) is 17.8 Å². The topological polar surface area (TPSA) is 47.7 Å². The Morgan fingerprint density at radius 2 is 1.97 bits per heavy atom. The Balaban J connectivity index is 1.56. The zero-order valence-corrected chi connectivity index (χ0v) is 17.6. The Labute approximate surface area is 172 Å². The number of nitrogens with zero attached hydrogens (tertiary/aromatic N) is 2. The first-order valence-electron chi connectivity index (χ1n) is 10.1. The lowest BCUT2D eigenvalue weighted by molar-refractivity contribution is 0.239. The Hall–Kier alpha value is -2.79. The van der Waals surface area contributed by atoms with Gasteiger partial charge in [0.15, 0.2) is 0 Å².